The molecule has 3 aliphatic heterocycles. The van der Waals surface area contributed by atoms with Crippen LogP contribution >= 0.6 is 0 Å². The first-order valence-electron chi connectivity index (χ1n) is 11.4. The van der Waals surface area contributed by atoms with Gasteiger partial charge in [0.2, 0.25) is 11.8 Å². The Hall–Kier alpha value is -2.46. The van der Waals surface area contributed by atoms with Crippen LogP contribution in [0, 0.1) is 5.92 Å². The molecule has 0 bridgehead atoms. The predicted octanol–water partition coefficient (Wildman–Crippen LogP) is 0.270. The zero-order valence-corrected chi connectivity index (χ0v) is 18.9. The smallest absolute Gasteiger partial charge is 0.285 e. The third kappa shape index (κ3) is 4.38. The maximum Gasteiger partial charge on any atom is 0.285 e. The number of hydrogen-bond acceptors (Lipinski definition) is 6. The number of likely N-dealkylation sites (tertiary alicyclic amines) is 1. The van der Waals surface area contributed by atoms with Gasteiger partial charge in [-0.25, -0.2) is 0 Å². The Morgan fingerprint density at radius 2 is 1.66 bits per heavy atom. The number of hydrogen-bond donors (Lipinski definition) is 1. The zero-order valence-electron chi connectivity index (χ0n) is 18.1. The standard InChI is InChI=1S/C22H29N5O4S/c28-20(23-17-5-6-17)15-25-11-13-27(14-12-25)22(29)16-7-9-26(10-8-16)21-18-3-1-2-4-19(18)32(30,31)24-21/h1-4,16-17H,5-15H2,(H,23,28). The molecule has 3 heterocycles. The fourth-order valence-electron chi connectivity index (χ4n) is 4.74. The molecule has 1 aromatic rings. The van der Waals surface area contributed by atoms with Gasteiger partial charge in [-0.2, -0.15) is 8.42 Å². The lowest BCUT2D eigenvalue weighted by molar-refractivity contribution is -0.138. The minimum absolute atomic E-state index is 0.0511. The number of piperidine rings is 1. The van der Waals surface area contributed by atoms with Crippen molar-refractivity contribution in [3.05, 3.63) is 29.8 Å². The molecule has 2 amide bonds. The Morgan fingerprint density at radius 3 is 2.34 bits per heavy atom. The van der Waals surface area contributed by atoms with Crippen LogP contribution in [-0.2, 0) is 19.6 Å². The van der Waals surface area contributed by atoms with Gasteiger partial charge >= 0.3 is 0 Å². The lowest BCUT2D eigenvalue weighted by atomic mass is 9.94. The SMILES string of the molecule is O=C(CN1CCN(C(=O)C2CCN(C3=NS(=O)(=O)c4ccccc43)CC2)CC1)NC1CC1. The van der Waals surface area contributed by atoms with E-state index in [1.165, 1.54) is 0 Å². The van der Waals surface area contributed by atoms with Gasteiger partial charge in [-0.05, 0) is 37.8 Å². The van der Waals surface area contributed by atoms with Gasteiger partial charge in [0.1, 0.15) is 4.90 Å². The third-order valence-corrected chi connectivity index (χ3v) is 8.07. The second kappa shape index (κ2) is 8.47. The fourth-order valence-corrected chi connectivity index (χ4v) is 5.97. The maximum atomic E-state index is 13.0. The number of benzene rings is 1. The lowest BCUT2D eigenvalue weighted by Gasteiger charge is -2.38. The van der Waals surface area contributed by atoms with E-state index < -0.39 is 10.0 Å². The zero-order chi connectivity index (χ0) is 22.3. The highest BCUT2D eigenvalue weighted by molar-refractivity contribution is 7.90. The largest absolute Gasteiger partial charge is 0.355 e. The van der Waals surface area contributed by atoms with Gasteiger partial charge in [0, 0.05) is 56.8 Å². The van der Waals surface area contributed by atoms with Gasteiger partial charge < -0.3 is 15.1 Å². The van der Waals surface area contributed by atoms with E-state index >= 15 is 0 Å². The highest BCUT2D eigenvalue weighted by Gasteiger charge is 2.36. The first-order valence-corrected chi connectivity index (χ1v) is 12.8. The molecule has 0 atom stereocenters. The highest BCUT2D eigenvalue weighted by Crippen LogP contribution is 2.30. The minimum atomic E-state index is -3.63. The molecule has 0 aromatic heterocycles. The molecular formula is C22H29N5O4S. The van der Waals surface area contributed by atoms with Gasteiger partial charge in [-0.1, -0.05) is 12.1 Å². The monoisotopic (exact) mass is 459 g/mol. The van der Waals surface area contributed by atoms with Crippen molar-refractivity contribution >= 4 is 27.7 Å². The average Bonchev–Trinajstić information content (AvgIpc) is 3.57. The maximum absolute atomic E-state index is 13.0. The number of nitrogens with zero attached hydrogens (tertiary/aromatic N) is 4. The molecule has 4 aliphatic rings. The van der Waals surface area contributed by atoms with E-state index in [1.807, 2.05) is 15.9 Å². The summed E-state index contributed by atoms with van der Waals surface area (Å²) in [5.74, 6) is 0.709. The minimum Gasteiger partial charge on any atom is -0.355 e. The van der Waals surface area contributed by atoms with Crippen LogP contribution in [0.25, 0.3) is 0 Å². The van der Waals surface area contributed by atoms with Crippen LogP contribution in [0.5, 0.6) is 0 Å². The first-order chi connectivity index (χ1) is 15.4. The summed E-state index contributed by atoms with van der Waals surface area (Å²) in [5.41, 5.74) is 0.652. The Bertz CT molecular complexity index is 1040. The van der Waals surface area contributed by atoms with Gasteiger partial charge in [0.25, 0.3) is 10.0 Å². The molecule has 1 saturated carbocycles. The summed E-state index contributed by atoms with van der Waals surface area (Å²) in [5, 5.41) is 3.01. The van der Waals surface area contributed by atoms with Crippen LogP contribution in [0.3, 0.4) is 0 Å². The van der Waals surface area contributed by atoms with E-state index in [9.17, 15) is 18.0 Å². The Morgan fingerprint density at radius 1 is 0.969 bits per heavy atom. The summed E-state index contributed by atoms with van der Waals surface area (Å²) in [6, 6.07) is 7.28. The second-order valence-electron chi connectivity index (χ2n) is 9.09. The van der Waals surface area contributed by atoms with Crippen LogP contribution in [-0.4, -0.2) is 92.6 Å². The summed E-state index contributed by atoms with van der Waals surface area (Å²) in [4.78, 5) is 31.3. The summed E-state index contributed by atoms with van der Waals surface area (Å²) in [6.45, 7) is 4.36. The summed E-state index contributed by atoms with van der Waals surface area (Å²) in [7, 11) is -3.63. The number of amides is 2. The number of carbonyl (C=O) groups is 2. The van der Waals surface area contributed by atoms with Crippen molar-refractivity contribution in [1.82, 2.24) is 20.0 Å². The molecule has 0 unspecified atom stereocenters. The third-order valence-electron chi connectivity index (χ3n) is 6.75. The van der Waals surface area contributed by atoms with Gasteiger partial charge in [-0.3, -0.25) is 14.5 Å². The summed E-state index contributed by atoms with van der Waals surface area (Å²) >= 11 is 0. The van der Waals surface area contributed by atoms with Crippen molar-refractivity contribution in [3.63, 3.8) is 0 Å². The van der Waals surface area contributed by atoms with Gasteiger partial charge in [-0.15, -0.1) is 4.40 Å². The van der Waals surface area contributed by atoms with Crippen molar-refractivity contribution in [2.75, 3.05) is 45.8 Å². The van der Waals surface area contributed by atoms with Gasteiger partial charge in [0.05, 0.1) is 6.54 Å². The molecule has 9 nitrogen and oxygen atoms in total. The van der Waals surface area contributed by atoms with E-state index in [4.69, 9.17) is 0 Å². The average molecular weight is 460 g/mol. The molecule has 1 N–H and O–H groups in total. The molecule has 5 rings (SSSR count). The van der Waals surface area contributed by atoms with E-state index in [0.717, 1.165) is 12.8 Å². The normalized spacial score (nSPS) is 23.6. The second-order valence-corrected chi connectivity index (χ2v) is 10.7. The fraction of sp³-hybridized carbons (Fsp3) is 0.591. The molecule has 32 heavy (non-hydrogen) atoms. The van der Waals surface area contributed by atoms with Crippen LogP contribution in [0.15, 0.2) is 33.6 Å². The van der Waals surface area contributed by atoms with E-state index in [-0.39, 0.29) is 22.6 Å². The van der Waals surface area contributed by atoms with Crippen LogP contribution in [0.1, 0.15) is 31.2 Å². The van der Waals surface area contributed by atoms with E-state index in [2.05, 4.69) is 14.6 Å². The van der Waals surface area contributed by atoms with Crippen molar-refractivity contribution in [3.8, 4) is 0 Å². The number of carbonyl (C=O) groups excluding carboxylic acids is 2. The quantitative estimate of drug-likeness (QED) is 0.694. The summed E-state index contributed by atoms with van der Waals surface area (Å²) in [6.07, 6.45) is 3.54. The van der Waals surface area contributed by atoms with Crippen molar-refractivity contribution in [1.29, 1.82) is 0 Å². The number of sulfonamides is 1. The van der Waals surface area contributed by atoms with E-state index in [1.54, 1.807) is 18.2 Å². The first kappa shape index (κ1) is 21.4. The molecule has 2 saturated heterocycles. The van der Waals surface area contributed by atoms with Crippen LogP contribution in [0.4, 0.5) is 0 Å². The number of piperazine rings is 1. The molecule has 3 fully saturated rings. The van der Waals surface area contributed by atoms with Crippen LogP contribution in [0.2, 0.25) is 0 Å². The number of nitrogens with one attached hydrogen (secondary N) is 1. The van der Waals surface area contributed by atoms with Crippen molar-refractivity contribution < 1.29 is 18.0 Å². The molecular weight excluding hydrogens is 430 g/mol. The highest BCUT2D eigenvalue weighted by atomic mass is 32.2. The summed E-state index contributed by atoms with van der Waals surface area (Å²) < 4.78 is 28.7. The van der Waals surface area contributed by atoms with E-state index in [0.29, 0.717) is 76.1 Å². The number of fused-ring (bicyclic) bond motifs is 1. The van der Waals surface area contributed by atoms with Gasteiger partial charge in [0.15, 0.2) is 5.84 Å². The molecule has 0 spiro atoms. The van der Waals surface area contributed by atoms with Crippen LogP contribution < -0.4 is 5.32 Å². The van der Waals surface area contributed by atoms with Crippen molar-refractivity contribution in [2.24, 2.45) is 10.3 Å². The molecule has 10 heteroatoms. The Balaban J connectivity index is 1.12. The lowest BCUT2D eigenvalue weighted by Crippen LogP contribution is -2.53. The van der Waals surface area contributed by atoms with Crippen molar-refractivity contribution in [2.45, 2.75) is 36.6 Å². The Labute approximate surface area is 188 Å². The number of amidine groups is 1. The molecule has 1 aromatic carbocycles. The molecule has 1 aliphatic carbocycles. The number of rotatable bonds is 4. The molecule has 172 valence electrons. The molecule has 0 radical (unpaired) electrons. The predicted molar refractivity (Wildman–Crippen MR) is 119 cm³/mol. The Kier molecular flexibility index (Phi) is 5.66. The topological polar surface area (TPSA) is 102 Å².